The van der Waals surface area contributed by atoms with Crippen molar-refractivity contribution in [1.82, 2.24) is 9.44 Å². The van der Waals surface area contributed by atoms with E-state index in [-0.39, 0.29) is 22.9 Å². The summed E-state index contributed by atoms with van der Waals surface area (Å²) < 4.78 is 53.3. The van der Waals surface area contributed by atoms with E-state index in [9.17, 15) is 36.6 Å². The number of aromatic hydroxyl groups is 2. The summed E-state index contributed by atoms with van der Waals surface area (Å²) >= 11 is 0. The fourth-order valence-corrected chi connectivity index (χ4v) is 5.30. The number of nitrogens with one attached hydrogen (secondary N) is 2. The molecule has 0 aliphatic carbocycles. The first-order valence-electron chi connectivity index (χ1n) is 9.12. The number of benzene rings is 2. The van der Waals surface area contributed by atoms with Crippen molar-refractivity contribution in [3.05, 3.63) is 47.5 Å². The maximum absolute atomic E-state index is 12.3. The van der Waals surface area contributed by atoms with E-state index in [0.717, 1.165) is 22.5 Å². The van der Waals surface area contributed by atoms with Gasteiger partial charge in [-0.3, -0.25) is 4.79 Å². The Bertz CT molecular complexity index is 1290. The number of sulfonamides is 1. The van der Waals surface area contributed by atoms with E-state index in [1.807, 2.05) is 0 Å². The summed E-state index contributed by atoms with van der Waals surface area (Å²) in [6, 6.07) is 7.11. The predicted molar refractivity (Wildman–Crippen MR) is 111 cm³/mol. The van der Waals surface area contributed by atoms with Crippen molar-refractivity contribution in [2.45, 2.75) is 17.7 Å². The van der Waals surface area contributed by atoms with Crippen LogP contribution in [0.25, 0.3) is 0 Å². The Morgan fingerprint density at radius 3 is 2.44 bits per heavy atom. The van der Waals surface area contributed by atoms with E-state index < -0.39 is 50.0 Å². The standard InChI is InChI=1S/C18H19N3O9S2/c22-15-6-4-12(9-13(15)18(25)26)31(27,28)19-7-1-2-11-3-5-14(16(23)8-11)21-10-17(24)20-32(21,29)30/h3-6,8-9,19,22-23H,1-2,7,10H2,(H,20,24)(H,25,26). The Morgan fingerprint density at radius 1 is 1.12 bits per heavy atom. The molecule has 0 saturated carbocycles. The van der Waals surface area contributed by atoms with Crippen LogP contribution in [0, 0.1) is 0 Å². The molecule has 172 valence electrons. The van der Waals surface area contributed by atoms with E-state index in [2.05, 4.69) is 4.72 Å². The second kappa shape index (κ2) is 8.64. The molecule has 0 bridgehead atoms. The summed E-state index contributed by atoms with van der Waals surface area (Å²) in [6.07, 6.45) is 0.639. The molecular formula is C18H19N3O9S2. The molecule has 3 rings (SSSR count). The second-order valence-electron chi connectivity index (χ2n) is 6.85. The molecule has 12 nitrogen and oxygen atoms in total. The average molecular weight is 485 g/mol. The number of carboxylic acids is 1. The first-order chi connectivity index (χ1) is 14.9. The first kappa shape index (κ1) is 23.3. The third-order valence-electron chi connectivity index (χ3n) is 4.57. The first-order valence-corrected chi connectivity index (χ1v) is 12.0. The number of phenols is 2. The van der Waals surface area contributed by atoms with Crippen LogP contribution >= 0.6 is 0 Å². The van der Waals surface area contributed by atoms with Gasteiger partial charge in [-0.15, -0.1) is 0 Å². The maximum Gasteiger partial charge on any atom is 0.339 e. The highest BCUT2D eigenvalue weighted by molar-refractivity contribution is 7.92. The number of rotatable bonds is 8. The lowest BCUT2D eigenvalue weighted by Gasteiger charge is -2.16. The van der Waals surface area contributed by atoms with Gasteiger partial charge in [0.15, 0.2) is 0 Å². The Kier molecular flexibility index (Phi) is 6.29. The third-order valence-corrected chi connectivity index (χ3v) is 7.42. The van der Waals surface area contributed by atoms with E-state index >= 15 is 0 Å². The molecule has 1 aliphatic heterocycles. The summed E-state index contributed by atoms with van der Waals surface area (Å²) in [5.41, 5.74) is -0.00569. The van der Waals surface area contributed by atoms with Crippen LogP contribution < -0.4 is 13.7 Å². The van der Waals surface area contributed by atoms with Crippen LogP contribution in [0.5, 0.6) is 11.5 Å². The molecule has 32 heavy (non-hydrogen) atoms. The topological polar surface area (TPSA) is 190 Å². The monoisotopic (exact) mass is 485 g/mol. The van der Waals surface area contributed by atoms with Gasteiger partial charge in [-0.25, -0.2) is 27.0 Å². The number of aromatic carboxylic acids is 1. The number of phenolic OH excluding ortho intramolecular Hbond substituents is 1. The highest BCUT2D eigenvalue weighted by Crippen LogP contribution is 2.31. The molecule has 1 saturated heterocycles. The van der Waals surface area contributed by atoms with Crippen LogP contribution in [0.15, 0.2) is 41.3 Å². The molecule has 2 aromatic rings. The van der Waals surface area contributed by atoms with Crippen molar-refractivity contribution in [3.8, 4) is 11.5 Å². The Hall–Kier alpha value is -3.36. The molecule has 0 unspecified atom stereocenters. The minimum absolute atomic E-state index is 0.00689. The Morgan fingerprint density at radius 2 is 1.84 bits per heavy atom. The summed E-state index contributed by atoms with van der Waals surface area (Å²) in [4.78, 5) is 22.1. The molecular weight excluding hydrogens is 466 g/mol. The molecule has 14 heteroatoms. The maximum atomic E-state index is 12.3. The zero-order valence-corrected chi connectivity index (χ0v) is 18.0. The molecule has 1 fully saturated rings. The molecule has 0 spiro atoms. The highest BCUT2D eigenvalue weighted by atomic mass is 32.2. The zero-order chi connectivity index (χ0) is 23.7. The van der Waals surface area contributed by atoms with Crippen molar-refractivity contribution in [1.29, 1.82) is 0 Å². The number of carbonyl (C=O) groups excluding carboxylic acids is 1. The lowest BCUT2D eigenvalue weighted by atomic mass is 10.1. The Labute approximate surface area is 183 Å². The molecule has 0 radical (unpaired) electrons. The number of carboxylic acid groups (broad SMARTS) is 1. The number of aryl methyl sites for hydroxylation is 1. The number of amides is 1. The summed E-state index contributed by atoms with van der Waals surface area (Å²) in [5, 5.41) is 28.7. The molecule has 2 aromatic carbocycles. The van der Waals surface area contributed by atoms with Crippen LogP contribution in [-0.4, -0.2) is 57.1 Å². The molecule has 5 N–H and O–H groups in total. The highest BCUT2D eigenvalue weighted by Gasteiger charge is 2.35. The number of anilines is 1. The van der Waals surface area contributed by atoms with E-state index in [1.165, 1.54) is 12.1 Å². The largest absolute Gasteiger partial charge is 0.507 e. The quantitative estimate of drug-likeness (QED) is 0.317. The number of nitrogens with zero attached hydrogens (tertiary/aromatic N) is 1. The van der Waals surface area contributed by atoms with Gasteiger partial charge in [0.25, 0.3) is 5.91 Å². The number of hydrogen-bond acceptors (Lipinski definition) is 8. The van der Waals surface area contributed by atoms with Gasteiger partial charge < -0.3 is 15.3 Å². The van der Waals surface area contributed by atoms with Crippen molar-refractivity contribution in [2.24, 2.45) is 0 Å². The van der Waals surface area contributed by atoms with E-state index in [4.69, 9.17) is 5.11 Å². The van der Waals surface area contributed by atoms with Gasteiger partial charge >= 0.3 is 16.2 Å². The molecule has 1 heterocycles. The SMILES string of the molecule is O=C1CN(c2ccc(CCCNS(=O)(=O)c3ccc(O)c(C(=O)O)c3)cc2O)S(=O)(=O)N1. The number of hydrogen-bond donors (Lipinski definition) is 5. The predicted octanol–water partition coefficient (Wildman–Crippen LogP) is -0.112. The molecule has 1 amide bonds. The van der Waals surface area contributed by atoms with Gasteiger partial charge in [0.1, 0.15) is 23.6 Å². The van der Waals surface area contributed by atoms with Crippen molar-refractivity contribution >= 4 is 37.8 Å². The molecule has 0 atom stereocenters. The van der Waals surface area contributed by atoms with Crippen LogP contribution in [0.1, 0.15) is 22.3 Å². The molecule has 1 aliphatic rings. The van der Waals surface area contributed by atoms with Gasteiger partial charge in [-0.1, -0.05) is 6.07 Å². The lowest BCUT2D eigenvalue weighted by molar-refractivity contribution is -0.117. The van der Waals surface area contributed by atoms with Gasteiger partial charge in [-0.05, 0) is 48.7 Å². The minimum Gasteiger partial charge on any atom is -0.507 e. The van der Waals surface area contributed by atoms with Crippen LogP contribution in [-0.2, 0) is 31.4 Å². The van der Waals surface area contributed by atoms with Crippen molar-refractivity contribution < 1.29 is 41.7 Å². The molecule has 0 aromatic heterocycles. The zero-order valence-electron chi connectivity index (χ0n) is 16.3. The lowest BCUT2D eigenvalue weighted by Crippen LogP contribution is -2.29. The Balaban J connectivity index is 1.61. The number of carbonyl (C=O) groups is 2. The van der Waals surface area contributed by atoms with Crippen molar-refractivity contribution in [2.75, 3.05) is 17.4 Å². The van der Waals surface area contributed by atoms with E-state index in [0.29, 0.717) is 18.4 Å². The summed E-state index contributed by atoms with van der Waals surface area (Å²) in [7, 11) is -8.07. The minimum atomic E-state index is -4.05. The average Bonchev–Trinajstić information content (AvgIpc) is 2.97. The third kappa shape index (κ3) is 4.92. The fourth-order valence-electron chi connectivity index (χ4n) is 3.03. The van der Waals surface area contributed by atoms with E-state index in [1.54, 1.807) is 10.8 Å². The fraction of sp³-hybridized carbons (Fsp3) is 0.222. The van der Waals surface area contributed by atoms with Crippen LogP contribution in [0.4, 0.5) is 5.69 Å². The van der Waals surface area contributed by atoms with Gasteiger partial charge in [0, 0.05) is 6.54 Å². The summed E-state index contributed by atoms with van der Waals surface area (Å²) in [6.45, 7) is -0.453. The summed E-state index contributed by atoms with van der Waals surface area (Å²) in [5.74, 6) is -3.09. The smallest absolute Gasteiger partial charge is 0.339 e. The van der Waals surface area contributed by atoms with Gasteiger partial charge in [0.05, 0.1) is 10.6 Å². The van der Waals surface area contributed by atoms with Gasteiger partial charge in [0.2, 0.25) is 10.0 Å². The second-order valence-corrected chi connectivity index (χ2v) is 10.2. The van der Waals surface area contributed by atoms with Crippen LogP contribution in [0.3, 0.4) is 0 Å². The van der Waals surface area contributed by atoms with Crippen molar-refractivity contribution in [3.63, 3.8) is 0 Å². The normalized spacial score (nSPS) is 15.5. The van der Waals surface area contributed by atoms with Gasteiger partial charge in [-0.2, -0.15) is 8.42 Å². The van der Waals surface area contributed by atoms with Crippen LogP contribution in [0.2, 0.25) is 0 Å².